The van der Waals surface area contributed by atoms with Crippen LogP contribution in [0.25, 0.3) is 0 Å². The van der Waals surface area contributed by atoms with Crippen LogP contribution in [0.5, 0.6) is 0 Å². The molecule has 1 rings (SSSR count). The lowest BCUT2D eigenvalue weighted by Gasteiger charge is -2.18. The molecule has 0 amide bonds. The van der Waals surface area contributed by atoms with E-state index in [1.54, 1.807) is 10.9 Å². The molecule has 5 heteroatoms. The van der Waals surface area contributed by atoms with Gasteiger partial charge in [0.2, 0.25) is 0 Å². The largest absolute Gasteiger partial charge is 0.480 e. The highest BCUT2D eigenvalue weighted by molar-refractivity contribution is 5.77. The number of hydrogen-bond acceptors (Lipinski definition) is 3. The third-order valence-corrected chi connectivity index (χ3v) is 2.30. The number of carboxylic acid groups (broad SMARTS) is 1. The van der Waals surface area contributed by atoms with Crippen LogP contribution in [0.3, 0.4) is 0 Å². The van der Waals surface area contributed by atoms with Gasteiger partial charge >= 0.3 is 5.97 Å². The number of carbonyl (C=O) groups is 1. The highest BCUT2D eigenvalue weighted by Crippen LogP contribution is 2.13. The van der Waals surface area contributed by atoms with Crippen LogP contribution in [0.15, 0.2) is 12.4 Å². The summed E-state index contributed by atoms with van der Waals surface area (Å²) in [5, 5.41) is 12.9. The topological polar surface area (TPSA) is 81.1 Å². The van der Waals surface area contributed by atoms with Crippen molar-refractivity contribution in [3.05, 3.63) is 18.0 Å². The van der Waals surface area contributed by atoms with Crippen molar-refractivity contribution in [2.24, 2.45) is 5.73 Å². The van der Waals surface area contributed by atoms with Crippen LogP contribution in [-0.4, -0.2) is 26.4 Å². The van der Waals surface area contributed by atoms with Crippen molar-refractivity contribution in [2.75, 3.05) is 0 Å². The van der Waals surface area contributed by atoms with Gasteiger partial charge in [0, 0.05) is 6.20 Å². The quantitative estimate of drug-likeness (QED) is 0.772. The third-order valence-electron chi connectivity index (χ3n) is 2.30. The SMILES string of the molecule is CC(C)c1cnn(CC(C)(N)C(=O)O)c1. The molecule has 0 saturated carbocycles. The predicted molar refractivity (Wildman–Crippen MR) is 56.5 cm³/mol. The molecule has 0 saturated heterocycles. The molecule has 0 bridgehead atoms. The van der Waals surface area contributed by atoms with Crippen LogP contribution in [-0.2, 0) is 11.3 Å². The Labute approximate surface area is 88.9 Å². The Bertz CT molecular complexity index is 355. The first-order valence-corrected chi connectivity index (χ1v) is 4.87. The van der Waals surface area contributed by atoms with Crippen molar-refractivity contribution < 1.29 is 9.90 Å². The summed E-state index contributed by atoms with van der Waals surface area (Å²) in [7, 11) is 0. The number of carboxylic acids is 1. The smallest absolute Gasteiger partial charge is 0.325 e. The summed E-state index contributed by atoms with van der Waals surface area (Å²) in [4.78, 5) is 10.8. The van der Waals surface area contributed by atoms with Crippen molar-refractivity contribution in [3.8, 4) is 0 Å². The normalized spacial score (nSPS) is 15.3. The molecular weight excluding hydrogens is 194 g/mol. The van der Waals surface area contributed by atoms with E-state index >= 15 is 0 Å². The molecule has 0 radical (unpaired) electrons. The minimum absolute atomic E-state index is 0.176. The van der Waals surface area contributed by atoms with E-state index in [0.29, 0.717) is 5.92 Å². The Kier molecular flexibility index (Phi) is 3.14. The lowest BCUT2D eigenvalue weighted by Crippen LogP contribution is -2.48. The highest BCUT2D eigenvalue weighted by Gasteiger charge is 2.28. The second kappa shape index (κ2) is 4.02. The zero-order valence-corrected chi connectivity index (χ0v) is 9.27. The highest BCUT2D eigenvalue weighted by atomic mass is 16.4. The van der Waals surface area contributed by atoms with Gasteiger partial charge in [-0.1, -0.05) is 13.8 Å². The molecule has 1 heterocycles. The molecule has 1 unspecified atom stereocenters. The molecule has 1 atom stereocenters. The molecule has 0 aromatic carbocycles. The molecule has 0 aliphatic rings. The Morgan fingerprint density at radius 3 is 2.73 bits per heavy atom. The van der Waals surface area contributed by atoms with Gasteiger partial charge < -0.3 is 10.8 Å². The summed E-state index contributed by atoms with van der Waals surface area (Å²) in [6.45, 7) is 5.77. The summed E-state index contributed by atoms with van der Waals surface area (Å²) < 4.78 is 1.57. The van der Waals surface area contributed by atoms with Crippen molar-refractivity contribution in [1.82, 2.24) is 9.78 Å². The lowest BCUT2D eigenvalue weighted by molar-refractivity contribution is -0.143. The molecule has 5 nitrogen and oxygen atoms in total. The minimum Gasteiger partial charge on any atom is -0.480 e. The first kappa shape index (κ1) is 11.7. The van der Waals surface area contributed by atoms with E-state index < -0.39 is 11.5 Å². The number of nitrogens with two attached hydrogens (primary N) is 1. The summed E-state index contributed by atoms with van der Waals surface area (Å²) in [5.41, 5.74) is 5.42. The van der Waals surface area contributed by atoms with Gasteiger partial charge in [0.15, 0.2) is 0 Å². The monoisotopic (exact) mass is 211 g/mol. The molecule has 0 fully saturated rings. The Morgan fingerprint density at radius 1 is 1.73 bits per heavy atom. The van der Waals surface area contributed by atoms with Crippen LogP contribution in [0.4, 0.5) is 0 Å². The molecule has 0 aliphatic carbocycles. The van der Waals surface area contributed by atoms with Gasteiger partial charge in [-0.25, -0.2) is 0 Å². The standard InChI is InChI=1S/C10H17N3O2/c1-7(2)8-4-12-13(5-8)6-10(3,11)9(14)15/h4-5,7H,6,11H2,1-3H3,(H,14,15). The van der Waals surface area contributed by atoms with Gasteiger partial charge in [0.1, 0.15) is 5.54 Å². The molecule has 0 aliphatic heterocycles. The summed E-state index contributed by atoms with van der Waals surface area (Å²) >= 11 is 0. The van der Waals surface area contributed by atoms with Crippen molar-refractivity contribution in [2.45, 2.75) is 38.8 Å². The van der Waals surface area contributed by atoms with E-state index in [1.807, 2.05) is 6.20 Å². The minimum atomic E-state index is -1.28. The average Bonchev–Trinajstić information content (AvgIpc) is 2.51. The molecule has 84 valence electrons. The van der Waals surface area contributed by atoms with E-state index in [-0.39, 0.29) is 6.54 Å². The second-order valence-electron chi connectivity index (χ2n) is 4.35. The summed E-state index contributed by atoms with van der Waals surface area (Å²) in [6.07, 6.45) is 3.57. The predicted octanol–water partition coefficient (Wildman–Crippen LogP) is 0.808. The maximum Gasteiger partial charge on any atom is 0.325 e. The van der Waals surface area contributed by atoms with Crippen molar-refractivity contribution in [3.63, 3.8) is 0 Å². The fourth-order valence-corrected chi connectivity index (χ4v) is 1.17. The zero-order valence-electron chi connectivity index (χ0n) is 9.27. The van der Waals surface area contributed by atoms with Gasteiger partial charge in [-0.2, -0.15) is 5.10 Å². The Hall–Kier alpha value is -1.36. The van der Waals surface area contributed by atoms with E-state index in [2.05, 4.69) is 18.9 Å². The van der Waals surface area contributed by atoms with E-state index in [1.165, 1.54) is 6.92 Å². The molecule has 1 aromatic heterocycles. The van der Waals surface area contributed by atoms with Gasteiger partial charge in [0.05, 0.1) is 12.7 Å². The summed E-state index contributed by atoms with van der Waals surface area (Å²) in [5.74, 6) is -0.642. The van der Waals surface area contributed by atoms with E-state index in [4.69, 9.17) is 10.8 Å². The maximum absolute atomic E-state index is 10.8. The first-order valence-electron chi connectivity index (χ1n) is 4.87. The van der Waals surface area contributed by atoms with Gasteiger partial charge in [-0.05, 0) is 18.4 Å². The third kappa shape index (κ3) is 2.79. The fraction of sp³-hybridized carbons (Fsp3) is 0.600. The van der Waals surface area contributed by atoms with Gasteiger partial charge in [-0.3, -0.25) is 9.48 Å². The maximum atomic E-state index is 10.8. The van der Waals surface area contributed by atoms with Crippen molar-refractivity contribution in [1.29, 1.82) is 0 Å². The molecule has 15 heavy (non-hydrogen) atoms. The Balaban J connectivity index is 2.77. The lowest BCUT2D eigenvalue weighted by atomic mass is 10.1. The summed E-state index contributed by atoms with van der Waals surface area (Å²) in [6, 6.07) is 0. The van der Waals surface area contributed by atoms with E-state index in [9.17, 15) is 4.79 Å². The average molecular weight is 211 g/mol. The number of aromatic nitrogens is 2. The van der Waals surface area contributed by atoms with Gasteiger partial charge in [0.25, 0.3) is 0 Å². The van der Waals surface area contributed by atoms with Crippen LogP contribution >= 0.6 is 0 Å². The van der Waals surface area contributed by atoms with E-state index in [0.717, 1.165) is 5.56 Å². The Morgan fingerprint density at radius 2 is 2.33 bits per heavy atom. The second-order valence-corrected chi connectivity index (χ2v) is 4.35. The number of nitrogens with zero attached hydrogens (tertiary/aromatic N) is 2. The first-order chi connectivity index (χ1) is 6.83. The van der Waals surface area contributed by atoms with Crippen LogP contribution in [0.1, 0.15) is 32.3 Å². The molecule has 1 aromatic rings. The molecule has 3 N–H and O–H groups in total. The molecular formula is C10H17N3O2. The van der Waals surface area contributed by atoms with Crippen LogP contribution in [0, 0.1) is 0 Å². The molecule has 0 spiro atoms. The van der Waals surface area contributed by atoms with Crippen LogP contribution in [0.2, 0.25) is 0 Å². The van der Waals surface area contributed by atoms with Crippen molar-refractivity contribution >= 4 is 5.97 Å². The number of aliphatic carboxylic acids is 1. The zero-order chi connectivity index (χ0) is 11.6. The number of hydrogen-bond donors (Lipinski definition) is 2. The van der Waals surface area contributed by atoms with Crippen LogP contribution < -0.4 is 5.73 Å². The van der Waals surface area contributed by atoms with Gasteiger partial charge in [-0.15, -0.1) is 0 Å². The number of rotatable bonds is 4. The fourth-order valence-electron chi connectivity index (χ4n) is 1.17.